The number of rotatable bonds is 1. The number of halogens is 1. The topological polar surface area (TPSA) is 53.8 Å². The van der Waals surface area contributed by atoms with E-state index in [2.05, 4.69) is 15.9 Å². The van der Waals surface area contributed by atoms with Crippen LogP contribution in [-0.2, 0) is 4.79 Å². The van der Waals surface area contributed by atoms with E-state index in [0.717, 1.165) is 10.2 Å². The second-order valence-electron chi connectivity index (χ2n) is 5.26. The average Bonchev–Trinajstić information content (AvgIpc) is 2.99. The second-order valence-corrected chi connectivity index (χ2v) is 6.18. The highest BCUT2D eigenvalue weighted by atomic mass is 79.9. The zero-order valence-electron chi connectivity index (χ0n) is 12.2. The minimum atomic E-state index is -0.209. The molecule has 114 valence electrons. The highest BCUT2D eigenvalue weighted by Gasteiger charge is 2.34. The lowest BCUT2D eigenvalue weighted by molar-refractivity contribution is -0.117. The number of furan rings is 1. The van der Waals surface area contributed by atoms with Crippen LogP contribution >= 0.6 is 15.9 Å². The fourth-order valence-corrected chi connectivity index (χ4v) is 3.15. The standard InChI is InChI=1S/C16H15BrN2O3/c1-10-9-18(16(21)15-4-3-7-22-15)14-8-12(17)5-6-13(14)19(10)11(2)20/h3-8,10H,9H2,1-2H3. The van der Waals surface area contributed by atoms with Crippen LogP contribution in [0.5, 0.6) is 0 Å². The molecule has 0 radical (unpaired) electrons. The number of fused-ring (bicyclic) bond motifs is 1. The number of nitrogens with zero attached hydrogens (tertiary/aromatic N) is 2. The van der Waals surface area contributed by atoms with Gasteiger partial charge in [-0.3, -0.25) is 9.59 Å². The Morgan fingerprint density at radius 1 is 1.27 bits per heavy atom. The molecule has 1 aliphatic rings. The molecule has 0 bridgehead atoms. The highest BCUT2D eigenvalue weighted by molar-refractivity contribution is 9.10. The van der Waals surface area contributed by atoms with E-state index in [0.29, 0.717) is 12.2 Å². The van der Waals surface area contributed by atoms with Crippen molar-refractivity contribution in [3.63, 3.8) is 0 Å². The van der Waals surface area contributed by atoms with E-state index in [-0.39, 0.29) is 23.6 Å². The second kappa shape index (κ2) is 5.61. The van der Waals surface area contributed by atoms with Crippen LogP contribution in [0.3, 0.4) is 0 Å². The molecular weight excluding hydrogens is 348 g/mol. The summed E-state index contributed by atoms with van der Waals surface area (Å²) in [5.74, 6) is 0.0370. The Morgan fingerprint density at radius 2 is 2.05 bits per heavy atom. The molecule has 1 unspecified atom stereocenters. The summed E-state index contributed by atoms with van der Waals surface area (Å²) in [5.41, 5.74) is 1.43. The lowest BCUT2D eigenvalue weighted by Gasteiger charge is -2.40. The summed E-state index contributed by atoms with van der Waals surface area (Å²) in [6.45, 7) is 3.88. The first kappa shape index (κ1) is 14.8. The number of carbonyl (C=O) groups is 2. The number of benzene rings is 1. The Hall–Kier alpha value is -2.08. The van der Waals surface area contributed by atoms with Crippen LogP contribution in [0.1, 0.15) is 24.4 Å². The molecule has 3 rings (SSSR count). The van der Waals surface area contributed by atoms with Crippen LogP contribution in [-0.4, -0.2) is 24.4 Å². The third kappa shape index (κ3) is 2.43. The van der Waals surface area contributed by atoms with Gasteiger partial charge in [0.25, 0.3) is 5.91 Å². The molecule has 6 heteroatoms. The van der Waals surface area contributed by atoms with E-state index < -0.39 is 0 Å². The number of carbonyl (C=O) groups excluding carboxylic acids is 2. The van der Waals surface area contributed by atoms with Crippen molar-refractivity contribution in [2.45, 2.75) is 19.9 Å². The predicted octanol–water partition coefficient (Wildman–Crippen LogP) is 3.44. The molecule has 0 aliphatic carbocycles. The number of anilines is 2. The molecule has 1 aliphatic heterocycles. The first-order chi connectivity index (χ1) is 10.5. The summed E-state index contributed by atoms with van der Waals surface area (Å²) in [5, 5.41) is 0. The van der Waals surface area contributed by atoms with Crippen LogP contribution in [0.2, 0.25) is 0 Å². The van der Waals surface area contributed by atoms with Crippen molar-refractivity contribution in [3.05, 3.63) is 46.8 Å². The maximum absolute atomic E-state index is 12.7. The molecule has 1 aromatic carbocycles. The van der Waals surface area contributed by atoms with E-state index in [1.807, 2.05) is 25.1 Å². The SMILES string of the molecule is CC(=O)N1c2ccc(Br)cc2N(C(=O)c2ccco2)CC1C. The van der Waals surface area contributed by atoms with Gasteiger partial charge in [0.05, 0.1) is 23.7 Å². The Balaban J connectivity index is 2.10. The molecule has 0 spiro atoms. The third-order valence-corrected chi connectivity index (χ3v) is 4.18. The quantitative estimate of drug-likeness (QED) is 0.780. The minimum Gasteiger partial charge on any atom is -0.459 e. The van der Waals surface area contributed by atoms with Crippen molar-refractivity contribution in [2.24, 2.45) is 0 Å². The van der Waals surface area contributed by atoms with Gasteiger partial charge < -0.3 is 14.2 Å². The van der Waals surface area contributed by atoms with Gasteiger partial charge in [-0.1, -0.05) is 15.9 Å². The van der Waals surface area contributed by atoms with E-state index in [9.17, 15) is 9.59 Å². The van der Waals surface area contributed by atoms with Crippen molar-refractivity contribution in [1.82, 2.24) is 0 Å². The summed E-state index contributed by atoms with van der Waals surface area (Å²) in [6, 6.07) is 8.77. The Labute approximate surface area is 136 Å². The molecule has 0 fully saturated rings. The maximum atomic E-state index is 12.7. The van der Waals surface area contributed by atoms with Crippen molar-refractivity contribution < 1.29 is 14.0 Å². The van der Waals surface area contributed by atoms with Gasteiger partial charge in [-0.2, -0.15) is 0 Å². The van der Waals surface area contributed by atoms with E-state index in [1.165, 1.54) is 13.2 Å². The molecule has 2 amide bonds. The van der Waals surface area contributed by atoms with Gasteiger partial charge in [-0.05, 0) is 37.3 Å². The summed E-state index contributed by atoms with van der Waals surface area (Å²) in [6.07, 6.45) is 1.48. The first-order valence-electron chi connectivity index (χ1n) is 6.93. The van der Waals surface area contributed by atoms with Crippen LogP contribution in [0.4, 0.5) is 11.4 Å². The first-order valence-corrected chi connectivity index (χ1v) is 7.73. The summed E-state index contributed by atoms with van der Waals surface area (Å²) < 4.78 is 6.07. The monoisotopic (exact) mass is 362 g/mol. The fraction of sp³-hybridized carbons (Fsp3) is 0.250. The molecule has 1 atom stereocenters. The zero-order chi connectivity index (χ0) is 15.9. The van der Waals surface area contributed by atoms with Gasteiger partial charge in [0, 0.05) is 17.9 Å². The highest BCUT2D eigenvalue weighted by Crippen LogP contribution is 2.38. The van der Waals surface area contributed by atoms with Crippen LogP contribution in [0.25, 0.3) is 0 Å². The summed E-state index contributed by atoms with van der Waals surface area (Å²) in [4.78, 5) is 28.0. The van der Waals surface area contributed by atoms with Crippen molar-refractivity contribution in [3.8, 4) is 0 Å². The van der Waals surface area contributed by atoms with Crippen LogP contribution in [0, 0.1) is 0 Å². The van der Waals surface area contributed by atoms with Gasteiger partial charge >= 0.3 is 0 Å². The van der Waals surface area contributed by atoms with Crippen molar-refractivity contribution in [1.29, 1.82) is 0 Å². The van der Waals surface area contributed by atoms with Crippen molar-refractivity contribution >= 4 is 39.1 Å². The van der Waals surface area contributed by atoms with E-state index in [1.54, 1.807) is 21.9 Å². The fourth-order valence-electron chi connectivity index (χ4n) is 2.80. The average molecular weight is 363 g/mol. The molecule has 2 heterocycles. The molecular formula is C16H15BrN2O3. The van der Waals surface area contributed by atoms with Crippen LogP contribution < -0.4 is 9.80 Å². The number of hydrogen-bond donors (Lipinski definition) is 0. The molecule has 0 saturated carbocycles. The van der Waals surface area contributed by atoms with Gasteiger partial charge in [-0.15, -0.1) is 0 Å². The van der Waals surface area contributed by atoms with Gasteiger partial charge in [0.15, 0.2) is 5.76 Å². The zero-order valence-corrected chi connectivity index (χ0v) is 13.8. The molecule has 0 N–H and O–H groups in total. The molecule has 22 heavy (non-hydrogen) atoms. The molecule has 2 aromatic rings. The van der Waals surface area contributed by atoms with Gasteiger partial charge in [0.2, 0.25) is 5.91 Å². The van der Waals surface area contributed by atoms with Crippen molar-refractivity contribution in [2.75, 3.05) is 16.3 Å². The number of amides is 2. The smallest absolute Gasteiger partial charge is 0.294 e. The lowest BCUT2D eigenvalue weighted by atomic mass is 10.1. The third-order valence-electron chi connectivity index (χ3n) is 3.69. The normalized spacial score (nSPS) is 17.3. The van der Waals surface area contributed by atoms with Gasteiger partial charge in [0.1, 0.15) is 0 Å². The summed E-state index contributed by atoms with van der Waals surface area (Å²) in [7, 11) is 0. The van der Waals surface area contributed by atoms with Crippen LogP contribution in [0.15, 0.2) is 45.5 Å². The summed E-state index contributed by atoms with van der Waals surface area (Å²) >= 11 is 3.42. The Morgan fingerprint density at radius 3 is 2.68 bits per heavy atom. The van der Waals surface area contributed by atoms with Gasteiger partial charge in [-0.25, -0.2) is 0 Å². The molecule has 5 nitrogen and oxygen atoms in total. The predicted molar refractivity (Wildman–Crippen MR) is 87.1 cm³/mol. The Kier molecular flexibility index (Phi) is 3.78. The largest absolute Gasteiger partial charge is 0.459 e. The minimum absolute atomic E-state index is 0.0406. The maximum Gasteiger partial charge on any atom is 0.294 e. The lowest BCUT2D eigenvalue weighted by Crippen LogP contribution is -2.51. The van der Waals surface area contributed by atoms with E-state index >= 15 is 0 Å². The van der Waals surface area contributed by atoms with E-state index in [4.69, 9.17) is 4.42 Å². The molecule has 0 saturated heterocycles. The molecule has 1 aromatic heterocycles. The number of hydrogen-bond acceptors (Lipinski definition) is 3. The Bertz CT molecular complexity index is 727.